The molecule has 0 spiro atoms. The van der Waals surface area contributed by atoms with Crippen molar-refractivity contribution in [2.45, 2.75) is 34.6 Å². The predicted molar refractivity (Wildman–Crippen MR) is 88.0 cm³/mol. The van der Waals surface area contributed by atoms with Crippen molar-refractivity contribution in [2.75, 3.05) is 19.7 Å². The van der Waals surface area contributed by atoms with Crippen molar-refractivity contribution in [1.29, 1.82) is 0 Å². The van der Waals surface area contributed by atoms with Crippen LogP contribution in [0.25, 0.3) is 0 Å². The Morgan fingerprint density at radius 2 is 1.73 bits per heavy atom. The normalized spacial score (nSPS) is 10.2. The first-order chi connectivity index (χ1) is 10.3. The molecule has 0 aliphatic heterocycles. The van der Waals surface area contributed by atoms with Gasteiger partial charge in [0.15, 0.2) is 6.61 Å². The van der Waals surface area contributed by atoms with Crippen LogP contribution in [0.3, 0.4) is 0 Å². The van der Waals surface area contributed by atoms with E-state index in [0.29, 0.717) is 18.7 Å². The lowest BCUT2D eigenvalue weighted by molar-refractivity contribution is -0.133. The second kappa shape index (κ2) is 7.78. The molecule has 0 heterocycles. The van der Waals surface area contributed by atoms with Crippen molar-refractivity contribution in [3.05, 3.63) is 46.5 Å². The molecule has 0 aromatic heterocycles. The quantitative estimate of drug-likeness (QED) is 0.599. The molecule has 0 atom stereocenters. The molecule has 22 heavy (non-hydrogen) atoms. The van der Waals surface area contributed by atoms with E-state index >= 15 is 0 Å². The standard InChI is InChI=1S/C18H25NO3/c1-7-19(10-12(2)3)16(20)11-22-18(21)17-14(5)8-13(4)9-15(17)6/h8-9H,2,7,10-11H2,1,3-6H3. The minimum atomic E-state index is -0.449. The van der Waals surface area contributed by atoms with Gasteiger partial charge in [-0.3, -0.25) is 4.79 Å². The molecule has 0 bridgehead atoms. The molecule has 0 radical (unpaired) electrons. The predicted octanol–water partition coefficient (Wildman–Crippen LogP) is 3.19. The van der Waals surface area contributed by atoms with E-state index in [0.717, 1.165) is 22.3 Å². The summed E-state index contributed by atoms with van der Waals surface area (Å²) in [5, 5.41) is 0. The fourth-order valence-electron chi connectivity index (χ4n) is 2.49. The van der Waals surface area contributed by atoms with Gasteiger partial charge in [-0.15, -0.1) is 0 Å². The van der Waals surface area contributed by atoms with Gasteiger partial charge in [-0.05, 0) is 45.7 Å². The Labute approximate surface area is 132 Å². The van der Waals surface area contributed by atoms with Gasteiger partial charge in [-0.1, -0.05) is 29.8 Å². The molecule has 0 unspecified atom stereocenters. The van der Waals surface area contributed by atoms with Gasteiger partial charge in [0.2, 0.25) is 0 Å². The summed E-state index contributed by atoms with van der Waals surface area (Å²) < 4.78 is 5.20. The number of esters is 1. The first-order valence-corrected chi connectivity index (χ1v) is 7.43. The Hall–Kier alpha value is -2.10. The highest BCUT2D eigenvalue weighted by Crippen LogP contribution is 2.17. The van der Waals surface area contributed by atoms with Crippen LogP contribution in [0.1, 0.15) is 40.9 Å². The third-order valence-corrected chi connectivity index (χ3v) is 3.40. The third-order valence-electron chi connectivity index (χ3n) is 3.40. The number of rotatable bonds is 6. The van der Waals surface area contributed by atoms with Crippen LogP contribution in [0.5, 0.6) is 0 Å². The van der Waals surface area contributed by atoms with Gasteiger partial charge in [-0.25, -0.2) is 4.79 Å². The highest BCUT2D eigenvalue weighted by Gasteiger charge is 2.18. The van der Waals surface area contributed by atoms with Crippen LogP contribution in [0.15, 0.2) is 24.3 Å². The largest absolute Gasteiger partial charge is 0.452 e. The van der Waals surface area contributed by atoms with Crippen molar-refractivity contribution in [3.8, 4) is 0 Å². The summed E-state index contributed by atoms with van der Waals surface area (Å²) in [4.78, 5) is 25.9. The molecule has 0 saturated heterocycles. The summed E-state index contributed by atoms with van der Waals surface area (Å²) >= 11 is 0. The number of ether oxygens (including phenoxy) is 1. The zero-order valence-corrected chi connectivity index (χ0v) is 14.2. The molecule has 0 saturated carbocycles. The number of amides is 1. The van der Waals surface area contributed by atoms with Gasteiger partial charge in [0.25, 0.3) is 5.91 Å². The van der Waals surface area contributed by atoms with Crippen LogP contribution < -0.4 is 0 Å². The lowest BCUT2D eigenvalue weighted by Crippen LogP contribution is -2.35. The van der Waals surface area contributed by atoms with Gasteiger partial charge in [0, 0.05) is 13.1 Å². The van der Waals surface area contributed by atoms with Gasteiger partial charge in [-0.2, -0.15) is 0 Å². The van der Waals surface area contributed by atoms with Crippen LogP contribution >= 0.6 is 0 Å². The van der Waals surface area contributed by atoms with Gasteiger partial charge < -0.3 is 9.64 Å². The molecule has 1 aromatic carbocycles. The Kier molecular flexibility index (Phi) is 6.35. The highest BCUT2D eigenvalue weighted by molar-refractivity contribution is 5.94. The van der Waals surface area contributed by atoms with E-state index in [9.17, 15) is 9.59 Å². The number of hydrogen-bond donors (Lipinski definition) is 0. The molecule has 1 rings (SSSR count). The van der Waals surface area contributed by atoms with E-state index in [1.54, 1.807) is 4.90 Å². The maximum Gasteiger partial charge on any atom is 0.339 e. The van der Waals surface area contributed by atoms with Gasteiger partial charge in [0.05, 0.1) is 5.56 Å². The smallest absolute Gasteiger partial charge is 0.339 e. The van der Waals surface area contributed by atoms with Crippen molar-refractivity contribution in [3.63, 3.8) is 0 Å². The number of aryl methyl sites for hydroxylation is 3. The van der Waals surface area contributed by atoms with Crippen LogP contribution in [0, 0.1) is 20.8 Å². The first-order valence-electron chi connectivity index (χ1n) is 7.43. The van der Waals surface area contributed by atoms with Crippen molar-refractivity contribution < 1.29 is 14.3 Å². The zero-order chi connectivity index (χ0) is 16.9. The van der Waals surface area contributed by atoms with Crippen LogP contribution in [0.4, 0.5) is 0 Å². The van der Waals surface area contributed by atoms with Crippen LogP contribution in [0.2, 0.25) is 0 Å². The topological polar surface area (TPSA) is 46.6 Å². The van der Waals surface area contributed by atoms with E-state index in [1.807, 2.05) is 46.8 Å². The van der Waals surface area contributed by atoms with Crippen molar-refractivity contribution >= 4 is 11.9 Å². The summed E-state index contributed by atoms with van der Waals surface area (Å²) in [6.07, 6.45) is 0. The molecule has 1 aromatic rings. The molecule has 1 amide bonds. The van der Waals surface area contributed by atoms with E-state index in [1.165, 1.54) is 0 Å². The van der Waals surface area contributed by atoms with E-state index < -0.39 is 5.97 Å². The summed E-state index contributed by atoms with van der Waals surface area (Å²) in [7, 11) is 0. The molecule has 4 nitrogen and oxygen atoms in total. The van der Waals surface area contributed by atoms with Gasteiger partial charge >= 0.3 is 5.97 Å². The van der Waals surface area contributed by atoms with E-state index in [2.05, 4.69) is 6.58 Å². The van der Waals surface area contributed by atoms with Crippen molar-refractivity contribution in [1.82, 2.24) is 4.90 Å². The average Bonchev–Trinajstić information content (AvgIpc) is 2.40. The molecule has 0 fully saturated rings. The minimum Gasteiger partial charge on any atom is -0.452 e. The number of nitrogens with zero attached hydrogens (tertiary/aromatic N) is 1. The fraction of sp³-hybridized carbons (Fsp3) is 0.444. The Morgan fingerprint density at radius 3 is 2.18 bits per heavy atom. The number of hydrogen-bond acceptors (Lipinski definition) is 3. The third kappa shape index (κ3) is 4.72. The first kappa shape index (κ1) is 18.0. The second-order valence-electron chi connectivity index (χ2n) is 5.71. The summed E-state index contributed by atoms with van der Waals surface area (Å²) in [5.74, 6) is -0.656. The molecule has 0 aliphatic rings. The average molecular weight is 303 g/mol. The number of carbonyl (C=O) groups is 2. The van der Waals surface area contributed by atoms with Crippen LogP contribution in [-0.4, -0.2) is 36.5 Å². The number of carbonyl (C=O) groups excluding carboxylic acids is 2. The highest BCUT2D eigenvalue weighted by atomic mass is 16.5. The minimum absolute atomic E-state index is 0.207. The monoisotopic (exact) mass is 303 g/mol. The maximum atomic E-state index is 12.2. The molecule has 0 N–H and O–H groups in total. The van der Waals surface area contributed by atoms with Gasteiger partial charge in [0.1, 0.15) is 0 Å². The maximum absolute atomic E-state index is 12.2. The van der Waals surface area contributed by atoms with Crippen molar-refractivity contribution in [2.24, 2.45) is 0 Å². The zero-order valence-electron chi connectivity index (χ0n) is 14.2. The molecular weight excluding hydrogens is 278 g/mol. The Bertz CT molecular complexity index is 567. The molecule has 4 heteroatoms. The summed E-state index contributed by atoms with van der Waals surface area (Å²) in [5.41, 5.74) is 4.27. The Balaban J connectivity index is 2.74. The summed E-state index contributed by atoms with van der Waals surface area (Å²) in [6.45, 7) is 14.1. The SMILES string of the molecule is C=C(C)CN(CC)C(=O)COC(=O)c1c(C)cc(C)cc1C. The Morgan fingerprint density at radius 1 is 1.18 bits per heavy atom. The fourth-order valence-corrected chi connectivity index (χ4v) is 2.49. The molecular formula is C18H25NO3. The second-order valence-corrected chi connectivity index (χ2v) is 5.71. The molecule has 0 aliphatic carbocycles. The number of benzene rings is 1. The van der Waals surface area contributed by atoms with E-state index in [-0.39, 0.29) is 12.5 Å². The lowest BCUT2D eigenvalue weighted by Gasteiger charge is -2.21. The summed E-state index contributed by atoms with van der Waals surface area (Å²) in [6, 6.07) is 3.87. The van der Waals surface area contributed by atoms with E-state index in [4.69, 9.17) is 4.74 Å². The lowest BCUT2D eigenvalue weighted by atomic mass is 10.00. The number of likely N-dealkylation sites (N-methyl/N-ethyl adjacent to an activating group) is 1. The van der Waals surface area contributed by atoms with Crippen LogP contribution in [-0.2, 0) is 9.53 Å². The molecule has 120 valence electrons.